The molecule has 1 rings (SSSR count). The van der Waals surface area contributed by atoms with Gasteiger partial charge in [0.25, 0.3) is 0 Å². The monoisotopic (exact) mass is 258 g/mol. The second kappa shape index (κ2) is 4.72. The van der Waals surface area contributed by atoms with Crippen LogP contribution in [-0.2, 0) is 10.2 Å². The zero-order chi connectivity index (χ0) is 13.2. The quantitative estimate of drug-likeness (QED) is 0.840. The van der Waals surface area contributed by atoms with Gasteiger partial charge in [-0.05, 0) is 18.6 Å². The number of nitrogens with one attached hydrogen (secondary N) is 1. The SMILES string of the molecule is Cc1cccc(NS(=O)(=O)N(C)C)c1C(=O)O. The minimum Gasteiger partial charge on any atom is -0.478 e. The normalized spacial score (nSPS) is 11.5. The molecule has 0 bridgehead atoms. The zero-order valence-corrected chi connectivity index (χ0v) is 10.6. The Balaban J connectivity index is 3.25. The third-order valence-corrected chi connectivity index (χ3v) is 3.65. The van der Waals surface area contributed by atoms with Crippen molar-refractivity contribution in [3.8, 4) is 0 Å². The number of anilines is 1. The molecule has 17 heavy (non-hydrogen) atoms. The third kappa shape index (κ3) is 2.95. The van der Waals surface area contributed by atoms with Gasteiger partial charge in [0.1, 0.15) is 0 Å². The van der Waals surface area contributed by atoms with Crippen molar-refractivity contribution < 1.29 is 18.3 Å². The van der Waals surface area contributed by atoms with Crippen molar-refractivity contribution in [1.82, 2.24) is 4.31 Å². The Hall–Kier alpha value is -1.60. The van der Waals surface area contributed by atoms with E-state index in [0.29, 0.717) is 5.56 Å². The third-order valence-electron chi connectivity index (χ3n) is 2.21. The molecule has 0 aliphatic carbocycles. The summed E-state index contributed by atoms with van der Waals surface area (Å²) in [7, 11) is -0.985. The van der Waals surface area contributed by atoms with Crippen LogP contribution in [0.4, 0.5) is 5.69 Å². The molecular weight excluding hydrogens is 244 g/mol. The number of carboxylic acids is 1. The molecule has 0 saturated carbocycles. The highest BCUT2D eigenvalue weighted by atomic mass is 32.2. The maximum Gasteiger partial charge on any atom is 0.338 e. The topological polar surface area (TPSA) is 86.7 Å². The largest absolute Gasteiger partial charge is 0.478 e. The maximum absolute atomic E-state index is 11.6. The molecule has 94 valence electrons. The van der Waals surface area contributed by atoms with E-state index in [2.05, 4.69) is 4.72 Å². The number of benzene rings is 1. The van der Waals surface area contributed by atoms with Crippen LogP contribution in [0.5, 0.6) is 0 Å². The van der Waals surface area contributed by atoms with E-state index >= 15 is 0 Å². The Bertz CT molecular complexity index is 537. The summed E-state index contributed by atoms with van der Waals surface area (Å²) >= 11 is 0. The highest BCUT2D eigenvalue weighted by Gasteiger charge is 2.19. The van der Waals surface area contributed by atoms with E-state index in [4.69, 9.17) is 5.11 Å². The Morgan fingerprint density at radius 3 is 2.41 bits per heavy atom. The standard InChI is InChI=1S/C10H14N2O4S/c1-7-5-4-6-8(9(7)10(13)14)11-17(15,16)12(2)3/h4-6,11H,1-3H3,(H,13,14). The predicted octanol–water partition coefficient (Wildman–Crippen LogP) is 0.912. The smallest absolute Gasteiger partial charge is 0.338 e. The lowest BCUT2D eigenvalue weighted by atomic mass is 10.1. The lowest BCUT2D eigenvalue weighted by Crippen LogP contribution is -2.29. The Labute approximate surface area is 100 Å². The summed E-state index contributed by atoms with van der Waals surface area (Å²) in [5, 5.41) is 9.03. The second-order valence-electron chi connectivity index (χ2n) is 3.69. The fraction of sp³-hybridized carbons (Fsp3) is 0.300. The first-order chi connectivity index (χ1) is 7.75. The van der Waals surface area contributed by atoms with Crippen LogP contribution in [0.1, 0.15) is 15.9 Å². The molecule has 6 nitrogen and oxygen atoms in total. The average Bonchev–Trinajstić information content (AvgIpc) is 2.15. The Kier molecular flexibility index (Phi) is 3.74. The van der Waals surface area contributed by atoms with E-state index in [1.807, 2.05) is 0 Å². The van der Waals surface area contributed by atoms with Crippen LogP contribution in [0.25, 0.3) is 0 Å². The van der Waals surface area contributed by atoms with Crippen LogP contribution >= 0.6 is 0 Å². The average molecular weight is 258 g/mol. The summed E-state index contributed by atoms with van der Waals surface area (Å²) in [5.41, 5.74) is 0.514. The van der Waals surface area contributed by atoms with Gasteiger partial charge in [-0.1, -0.05) is 12.1 Å². The summed E-state index contributed by atoms with van der Waals surface area (Å²) in [5.74, 6) is -1.17. The molecule has 2 N–H and O–H groups in total. The van der Waals surface area contributed by atoms with Gasteiger partial charge in [0.15, 0.2) is 0 Å². The van der Waals surface area contributed by atoms with Gasteiger partial charge in [-0.3, -0.25) is 4.72 Å². The molecule has 0 aliphatic rings. The van der Waals surface area contributed by atoms with Gasteiger partial charge in [0.2, 0.25) is 0 Å². The van der Waals surface area contributed by atoms with Gasteiger partial charge in [0, 0.05) is 14.1 Å². The minimum atomic E-state index is -3.70. The maximum atomic E-state index is 11.6. The molecule has 0 atom stereocenters. The first-order valence-electron chi connectivity index (χ1n) is 4.79. The number of carboxylic acid groups (broad SMARTS) is 1. The van der Waals surface area contributed by atoms with Crippen molar-refractivity contribution in [2.75, 3.05) is 18.8 Å². The number of carbonyl (C=O) groups is 1. The van der Waals surface area contributed by atoms with Crippen LogP contribution in [0.3, 0.4) is 0 Å². The molecular formula is C10H14N2O4S. The van der Waals surface area contributed by atoms with E-state index in [1.54, 1.807) is 19.1 Å². The fourth-order valence-corrected chi connectivity index (χ4v) is 1.90. The van der Waals surface area contributed by atoms with Gasteiger partial charge in [0.05, 0.1) is 11.3 Å². The van der Waals surface area contributed by atoms with Crippen LogP contribution in [0.15, 0.2) is 18.2 Å². The molecule has 0 unspecified atom stereocenters. The van der Waals surface area contributed by atoms with Crippen molar-refractivity contribution in [3.05, 3.63) is 29.3 Å². The predicted molar refractivity (Wildman–Crippen MR) is 64.4 cm³/mol. The van der Waals surface area contributed by atoms with Gasteiger partial charge < -0.3 is 5.11 Å². The van der Waals surface area contributed by atoms with Crippen molar-refractivity contribution in [2.45, 2.75) is 6.92 Å². The number of aromatic carboxylic acids is 1. The highest BCUT2D eigenvalue weighted by Crippen LogP contribution is 2.21. The molecule has 1 aromatic carbocycles. The van der Waals surface area contributed by atoms with Crippen molar-refractivity contribution in [1.29, 1.82) is 0 Å². The first kappa shape index (κ1) is 13.5. The molecule has 0 aliphatic heterocycles. The minimum absolute atomic E-state index is 0.0436. The van der Waals surface area contributed by atoms with Crippen LogP contribution < -0.4 is 4.72 Å². The fourth-order valence-electron chi connectivity index (χ4n) is 1.27. The number of nitrogens with zero attached hydrogens (tertiary/aromatic N) is 1. The van der Waals surface area contributed by atoms with Gasteiger partial charge >= 0.3 is 16.2 Å². The molecule has 1 aromatic rings. The molecule has 0 aromatic heterocycles. The van der Waals surface area contributed by atoms with Gasteiger partial charge in [-0.25, -0.2) is 4.79 Å². The Morgan fingerprint density at radius 1 is 1.35 bits per heavy atom. The zero-order valence-electron chi connectivity index (χ0n) is 9.76. The van der Waals surface area contributed by atoms with E-state index < -0.39 is 16.2 Å². The lowest BCUT2D eigenvalue weighted by molar-refractivity contribution is 0.0697. The van der Waals surface area contributed by atoms with Crippen LogP contribution in [-0.4, -0.2) is 37.9 Å². The van der Waals surface area contributed by atoms with E-state index in [9.17, 15) is 13.2 Å². The van der Waals surface area contributed by atoms with Crippen LogP contribution in [0, 0.1) is 6.92 Å². The molecule has 0 fully saturated rings. The van der Waals surface area contributed by atoms with Crippen molar-refractivity contribution in [2.24, 2.45) is 0 Å². The first-order valence-corrected chi connectivity index (χ1v) is 6.23. The number of rotatable bonds is 4. The molecule has 0 spiro atoms. The molecule has 0 saturated heterocycles. The van der Waals surface area contributed by atoms with Crippen molar-refractivity contribution >= 4 is 21.9 Å². The van der Waals surface area contributed by atoms with Gasteiger partial charge in [-0.2, -0.15) is 12.7 Å². The Morgan fingerprint density at radius 2 is 1.94 bits per heavy atom. The summed E-state index contributed by atoms with van der Waals surface area (Å²) in [6.07, 6.45) is 0. The number of aryl methyl sites for hydroxylation is 1. The summed E-state index contributed by atoms with van der Waals surface area (Å²) in [6, 6.07) is 4.61. The van der Waals surface area contributed by atoms with E-state index in [-0.39, 0.29) is 11.3 Å². The second-order valence-corrected chi connectivity index (χ2v) is 5.58. The van der Waals surface area contributed by atoms with E-state index in [0.717, 1.165) is 4.31 Å². The van der Waals surface area contributed by atoms with Crippen molar-refractivity contribution in [3.63, 3.8) is 0 Å². The van der Waals surface area contributed by atoms with Gasteiger partial charge in [-0.15, -0.1) is 0 Å². The lowest BCUT2D eigenvalue weighted by Gasteiger charge is -2.15. The highest BCUT2D eigenvalue weighted by molar-refractivity contribution is 7.90. The summed E-state index contributed by atoms with van der Waals surface area (Å²) in [4.78, 5) is 11.0. The molecule has 0 amide bonds. The van der Waals surface area contributed by atoms with E-state index in [1.165, 1.54) is 20.2 Å². The summed E-state index contributed by atoms with van der Waals surface area (Å²) in [6.45, 7) is 1.61. The number of hydrogen-bond donors (Lipinski definition) is 2. The summed E-state index contributed by atoms with van der Waals surface area (Å²) < 4.78 is 26.4. The molecule has 7 heteroatoms. The number of hydrogen-bond acceptors (Lipinski definition) is 3. The molecule has 0 radical (unpaired) electrons. The molecule has 0 heterocycles. The van der Waals surface area contributed by atoms with Crippen LogP contribution in [0.2, 0.25) is 0 Å².